The molecule has 0 aromatic heterocycles. The molecular formula is C17H16O3Si. The van der Waals surface area contributed by atoms with Crippen molar-refractivity contribution in [3.63, 3.8) is 0 Å². The summed E-state index contributed by atoms with van der Waals surface area (Å²) in [6, 6.07) is 17.6. The van der Waals surface area contributed by atoms with Gasteiger partial charge in [0.15, 0.2) is 0 Å². The molecule has 2 aromatic carbocycles. The van der Waals surface area contributed by atoms with Gasteiger partial charge in [-0.15, -0.1) is 0 Å². The molecule has 0 N–H and O–H groups in total. The van der Waals surface area contributed by atoms with Crippen LogP contribution in [0.3, 0.4) is 0 Å². The molecule has 106 valence electrons. The minimum absolute atomic E-state index is 0.182. The second kappa shape index (κ2) is 8.55. The van der Waals surface area contributed by atoms with E-state index in [9.17, 15) is 4.79 Å². The van der Waals surface area contributed by atoms with E-state index in [4.69, 9.17) is 9.47 Å². The van der Waals surface area contributed by atoms with Gasteiger partial charge in [0.1, 0.15) is 11.5 Å². The van der Waals surface area contributed by atoms with Gasteiger partial charge in [0.05, 0.1) is 9.52 Å². The van der Waals surface area contributed by atoms with E-state index in [0.29, 0.717) is 11.5 Å². The number of hydrogen-bond acceptors (Lipinski definition) is 3. The molecular weight excluding hydrogens is 280 g/mol. The van der Waals surface area contributed by atoms with E-state index in [2.05, 4.69) is 23.6 Å². The van der Waals surface area contributed by atoms with E-state index in [1.54, 1.807) is 48.5 Å². The molecule has 0 saturated heterocycles. The lowest BCUT2D eigenvalue weighted by Gasteiger charge is -2.04. The Morgan fingerprint density at radius 3 is 1.48 bits per heavy atom. The van der Waals surface area contributed by atoms with Crippen LogP contribution >= 0.6 is 0 Å². The second-order valence-corrected chi connectivity index (χ2v) is 5.59. The molecule has 0 spiro atoms. The monoisotopic (exact) mass is 296 g/mol. The lowest BCUT2D eigenvalue weighted by atomic mass is 10.3. The molecule has 2 aromatic rings. The third-order valence-electron chi connectivity index (χ3n) is 2.54. The third-order valence-corrected chi connectivity index (χ3v) is 3.63. The van der Waals surface area contributed by atoms with Crippen LogP contribution in [0.25, 0.3) is 0 Å². The van der Waals surface area contributed by atoms with Crippen LogP contribution in [0.5, 0.6) is 11.5 Å². The van der Waals surface area contributed by atoms with E-state index >= 15 is 0 Å². The molecule has 0 unspecified atom stereocenters. The van der Waals surface area contributed by atoms with Crippen molar-refractivity contribution in [3.8, 4) is 11.5 Å². The quantitative estimate of drug-likeness (QED) is 0.484. The van der Waals surface area contributed by atoms with Gasteiger partial charge < -0.3 is 9.47 Å². The summed E-state index contributed by atoms with van der Waals surface area (Å²) in [6.45, 7) is 0. The van der Waals surface area contributed by atoms with E-state index in [0.717, 1.165) is 0 Å². The van der Waals surface area contributed by atoms with Crippen LogP contribution in [0.1, 0.15) is 0 Å². The van der Waals surface area contributed by atoms with Gasteiger partial charge >= 0.3 is 6.16 Å². The van der Waals surface area contributed by atoms with Crippen molar-refractivity contribution in [1.82, 2.24) is 0 Å². The van der Waals surface area contributed by atoms with Crippen LogP contribution in [-0.4, -0.2) is 15.7 Å². The number of hydrogen-bond donors (Lipinski definition) is 0. The highest BCUT2D eigenvalue weighted by Gasteiger charge is 2.06. The summed E-state index contributed by atoms with van der Waals surface area (Å²) in [4.78, 5) is 11.3. The highest BCUT2D eigenvalue weighted by molar-refractivity contribution is 6.49. The van der Waals surface area contributed by atoms with Gasteiger partial charge in [-0.2, -0.15) is 0 Å². The number of ether oxygens (including phenoxy) is 2. The molecule has 0 saturated carbocycles. The maximum absolute atomic E-state index is 11.3. The fourth-order valence-corrected chi connectivity index (χ4v) is 2.37. The van der Waals surface area contributed by atoms with E-state index in [-0.39, 0.29) is 9.52 Å². The largest absolute Gasteiger partial charge is 0.519 e. The minimum Gasteiger partial charge on any atom is -0.395 e. The van der Waals surface area contributed by atoms with Crippen molar-refractivity contribution in [2.45, 2.75) is 0 Å². The first-order valence-corrected chi connectivity index (χ1v) is 8.29. The molecule has 1 aliphatic rings. The number of allylic oxidation sites excluding steroid dienone is 2. The summed E-state index contributed by atoms with van der Waals surface area (Å²) in [7, 11) is 0.182. The van der Waals surface area contributed by atoms with Crippen LogP contribution in [-0.2, 0) is 0 Å². The van der Waals surface area contributed by atoms with E-state index in [1.165, 1.54) is 0 Å². The Morgan fingerprint density at radius 1 is 0.714 bits per heavy atom. The highest BCUT2D eigenvalue weighted by atomic mass is 28.2. The maximum atomic E-state index is 11.3. The lowest BCUT2D eigenvalue weighted by molar-refractivity contribution is 0.152. The van der Waals surface area contributed by atoms with Crippen LogP contribution in [0.15, 0.2) is 84.2 Å². The fraction of sp³-hybridized carbons (Fsp3) is 0. The molecule has 4 heteroatoms. The second-order valence-electron chi connectivity index (χ2n) is 4.17. The Bertz CT molecular complexity index is 553. The number of carbonyl (C=O) groups excluding carboxylic acids is 1. The van der Waals surface area contributed by atoms with Crippen LogP contribution in [0.4, 0.5) is 4.79 Å². The molecule has 0 aliphatic carbocycles. The van der Waals surface area contributed by atoms with Crippen molar-refractivity contribution in [2.24, 2.45) is 0 Å². The van der Waals surface area contributed by atoms with Gasteiger partial charge in [0.2, 0.25) is 0 Å². The van der Waals surface area contributed by atoms with Gasteiger partial charge in [-0.05, 0) is 24.3 Å². The molecule has 0 atom stereocenters. The summed E-state index contributed by atoms with van der Waals surface area (Å²) in [5, 5.41) is 0. The first-order chi connectivity index (χ1) is 10.3. The molecule has 3 rings (SSSR count). The number of para-hydroxylation sites is 2. The topological polar surface area (TPSA) is 35.5 Å². The Morgan fingerprint density at radius 2 is 1.14 bits per heavy atom. The highest BCUT2D eigenvalue weighted by Crippen LogP contribution is 2.12. The smallest absolute Gasteiger partial charge is 0.395 e. The molecule has 3 nitrogen and oxygen atoms in total. The van der Waals surface area contributed by atoms with Crippen molar-refractivity contribution in [2.75, 3.05) is 0 Å². The fourth-order valence-electron chi connectivity index (χ4n) is 1.58. The Kier molecular flexibility index (Phi) is 6.03. The number of carbonyl (C=O) groups is 1. The van der Waals surface area contributed by atoms with Crippen molar-refractivity contribution in [3.05, 3.63) is 84.2 Å². The Hall–Kier alpha value is -2.59. The zero-order valence-electron chi connectivity index (χ0n) is 11.5. The Balaban J connectivity index is 0.000000272. The molecule has 1 heterocycles. The van der Waals surface area contributed by atoms with Crippen molar-refractivity contribution < 1.29 is 14.3 Å². The van der Waals surface area contributed by atoms with Gasteiger partial charge in [0, 0.05) is 0 Å². The zero-order chi connectivity index (χ0) is 14.8. The first kappa shape index (κ1) is 14.8. The zero-order valence-corrected chi connectivity index (χ0v) is 12.9. The average Bonchev–Trinajstić information content (AvgIpc) is 3.09. The van der Waals surface area contributed by atoms with Crippen LogP contribution < -0.4 is 9.47 Å². The Labute approximate surface area is 126 Å². The van der Waals surface area contributed by atoms with Gasteiger partial charge in [0.25, 0.3) is 0 Å². The normalized spacial score (nSPS) is 11.4. The van der Waals surface area contributed by atoms with Crippen molar-refractivity contribution in [1.29, 1.82) is 0 Å². The predicted molar refractivity (Wildman–Crippen MR) is 86.4 cm³/mol. The summed E-state index contributed by atoms with van der Waals surface area (Å²) >= 11 is 0. The predicted octanol–water partition coefficient (Wildman–Crippen LogP) is 3.46. The molecule has 0 bridgehead atoms. The van der Waals surface area contributed by atoms with Crippen LogP contribution in [0, 0.1) is 0 Å². The SMILES string of the molecule is C1=C[SiH2]C=C1.O=C(Oc1ccccc1)Oc1ccccc1. The van der Waals surface area contributed by atoms with Gasteiger partial charge in [-0.25, -0.2) is 4.79 Å². The van der Waals surface area contributed by atoms with E-state index < -0.39 is 6.16 Å². The molecule has 0 radical (unpaired) electrons. The summed E-state index contributed by atoms with van der Waals surface area (Å²) < 4.78 is 9.91. The molecule has 1 aliphatic heterocycles. The summed E-state index contributed by atoms with van der Waals surface area (Å²) in [5.74, 6) is 0.923. The standard InChI is InChI=1S/C13H10O3.C4H6Si/c14-13(15-11-7-3-1-4-8-11)16-12-9-5-2-6-10-12;1-2-4-5-3-1/h1-10H;1-4H,5H2. The maximum Gasteiger partial charge on any atom is 0.519 e. The van der Waals surface area contributed by atoms with Gasteiger partial charge in [-0.3, -0.25) is 0 Å². The van der Waals surface area contributed by atoms with Crippen LogP contribution in [0.2, 0.25) is 0 Å². The van der Waals surface area contributed by atoms with Crippen molar-refractivity contribution >= 4 is 15.7 Å². The van der Waals surface area contributed by atoms with E-state index in [1.807, 2.05) is 12.1 Å². The lowest BCUT2D eigenvalue weighted by Crippen LogP contribution is -2.13. The summed E-state index contributed by atoms with van der Waals surface area (Å²) in [6.07, 6.45) is 3.50. The third kappa shape index (κ3) is 5.93. The minimum atomic E-state index is -0.739. The molecule has 0 amide bonds. The molecule has 21 heavy (non-hydrogen) atoms. The van der Waals surface area contributed by atoms with Gasteiger partial charge in [-0.1, -0.05) is 59.9 Å². The number of benzene rings is 2. The average molecular weight is 296 g/mol. The molecule has 0 fully saturated rings. The number of rotatable bonds is 2. The summed E-state index contributed by atoms with van der Waals surface area (Å²) in [5.41, 5.74) is 4.53. The first-order valence-electron chi connectivity index (χ1n) is 6.66.